The second-order valence-electron chi connectivity index (χ2n) is 4.34. The molecule has 7 heteroatoms. The van der Waals surface area contributed by atoms with Gasteiger partial charge in [0.1, 0.15) is 11.6 Å². The summed E-state index contributed by atoms with van der Waals surface area (Å²) in [5.74, 6) is -1.45. The highest BCUT2D eigenvalue weighted by molar-refractivity contribution is 5.68. The van der Waals surface area contributed by atoms with Crippen molar-refractivity contribution in [1.29, 1.82) is 0 Å². The van der Waals surface area contributed by atoms with Crippen molar-refractivity contribution in [3.63, 3.8) is 0 Å². The largest absolute Gasteiger partial charge is 0.385 e. The molecular formula is C14H13F2N3O2. The molecule has 0 fully saturated rings. The van der Waals surface area contributed by atoms with Crippen LogP contribution in [-0.2, 0) is 0 Å². The van der Waals surface area contributed by atoms with Gasteiger partial charge in [-0.15, -0.1) is 0 Å². The molecule has 0 spiro atoms. The Morgan fingerprint density at radius 2 is 1.57 bits per heavy atom. The number of nitrogens with zero attached hydrogens (tertiary/aromatic N) is 1. The number of nitro benzene ring substituents is 1. The van der Waals surface area contributed by atoms with E-state index in [0.717, 1.165) is 18.2 Å². The summed E-state index contributed by atoms with van der Waals surface area (Å²) >= 11 is 0. The lowest BCUT2D eigenvalue weighted by Gasteiger charge is -2.10. The van der Waals surface area contributed by atoms with Crippen LogP contribution in [0.15, 0.2) is 36.4 Å². The molecular weight excluding hydrogens is 280 g/mol. The van der Waals surface area contributed by atoms with E-state index in [2.05, 4.69) is 10.6 Å². The molecule has 2 N–H and O–H groups in total. The average molecular weight is 293 g/mol. The first kappa shape index (κ1) is 14.7. The van der Waals surface area contributed by atoms with Crippen LogP contribution in [0.1, 0.15) is 6.92 Å². The molecule has 2 rings (SSSR count). The molecule has 0 bridgehead atoms. The zero-order chi connectivity index (χ0) is 15.4. The molecule has 0 aliphatic heterocycles. The SMILES string of the molecule is CCNc1cc(Nc2cc(F)cc(F)c2)cc([N+](=O)[O-])c1. The molecule has 0 heterocycles. The van der Waals surface area contributed by atoms with E-state index >= 15 is 0 Å². The lowest BCUT2D eigenvalue weighted by atomic mass is 10.2. The van der Waals surface area contributed by atoms with Gasteiger partial charge in [-0.25, -0.2) is 8.78 Å². The molecule has 0 unspecified atom stereocenters. The van der Waals surface area contributed by atoms with E-state index in [-0.39, 0.29) is 11.4 Å². The van der Waals surface area contributed by atoms with E-state index in [1.165, 1.54) is 12.1 Å². The second-order valence-corrected chi connectivity index (χ2v) is 4.34. The zero-order valence-corrected chi connectivity index (χ0v) is 11.2. The van der Waals surface area contributed by atoms with Gasteiger partial charge in [-0.1, -0.05) is 0 Å². The van der Waals surface area contributed by atoms with Crippen LogP contribution in [0.2, 0.25) is 0 Å². The number of nitrogens with one attached hydrogen (secondary N) is 2. The predicted octanol–water partition coefficient (Wildman–Crippen LogP) is 4.05. The van der Waals surface area contributed by atoms with Crippen LogP contribution in [0.4, 0.5) is 31.5 Å². The summed E-state index contributed by atoms with van der Waals surface area (Å²) in [6, 6.07) is 7.27. The van der Waals surface area contributed by atoms with E-state index in [0.29, 0.717) is 17.9 Å². The number of hydrogen-bond donors (Lipinski definition) is 2. The maximum atomic E-state index is 13.1. The number of anilines is 3. The van der Waals surface area contributed by atoms with E-state index < -0.39 is 16.6 Å². The highest BCUT2D eigenvalue weighted by Gasteiger charge is 2.10. The molecule has 21 heavy (non-hydrogen) atoms. The van der Waals surface area contributed by atoms with E-state index in [4.69, 9.17) is 0 Å². The molecule has 0 radical (unpaired) electrons. The maximum absolute atomic E-state index is 13.1. The van der Waals surface area contributed by atoms with Crippen molar-refractivity contribution >= 4 is 22.7 Å². The molecule has 0 amide bonds. The Morgan fingerprint density at radius 3 is 2.14 bits per heavy atom. The normalized spacial score (nSPS) is 10.2. The quantitative estimate of drug-likeness (QED) is 0.644. The number of rotatable bonds is 5. The number of hydrogen-bond acceptors (Lipinski definition) is 4. The Labute approximate surface area is 119 Å². The summed E-state index contributed by atoms with van der Waals surface area (Å²) in [5, 5.41) is 16.6. The fourth-order valence-corrected chi connectivity index (χ4v) is 1.89. The molecule has 5 nitrogen and oxygen atoms in total. The minimum Gasteiger partial charge on any atom is -0.385 e. The molecule has 0 atom stereocenters. The lowest BCUT2D eigenvalue weighted by molar-refractivity contribution is -0.384. The van der Waals surface area contributed by atoms with Crippen molar-refractivity contribution in [3.05, 3.63) is 58.1 Å². The van der Waals surface area contributed by atoms with Crippen LogP contribution < -0.4 is 10.6 Å². The van der Waals surface area contributed by atoms with Crippen LogP contribution in [0.25, 0.3) is 0 Å². The van der Waals surface area contributed by atoms with Crippen molar-refractivity contribution in [3.8, 4) is 0 Å². The zero-order valence-electron chi connectivity index (χ0n) is 11.2. The van der Waals surface area contributed by atoms with E-state index in [1.807, 2.05) is 6.92 Å². The van der Waals surface area contributed by atoms with Gasteiger partial charge in [-0.05, 0) is 25.1 Å². The van der Waals surface area contributed by atoms with Gasteiger partial charge in [-0.2, -0.15) is 0 Å². The van der Waals surface area contributed by atoms with Gasteiger partial charge in [-0.3, -0.25) is 10.1 Å². The molecule has 0 aliphatic carbocycles. The monoisotopic (exact) mass is 293 g/mol. The Kier molecular flexibility index (Phi) is 4.32. The first-order chi connectivity index (χ1) is 9.97. The van der Waals surface area contributed by atoms with Crippen molar-refractivity contribution in [2.24, 2.45) is 0 Å². The van der Waals surface area contributed by atoms with Gasteiger partial charge >= 0.3 is 0 Å². The van der Waals surface area contributed by atoms with Gasteiger partial charge < -0.3 is 10.6 Å². The fraction of sp³-hybridized carbons (Fsp3) is 0.143. The molecule has 0 saturated carbocycles. The van der Waals surface area contributed by atoms with Crippen LogP contribution in [0, 0.1) is 21.7 Å². The summed E-state index contributed by atoms with van der Waals surface area (Å²) in [6.07, 6.45) is 0. The molecule has 2 aromatic carbocycles. The Balaban J connectivity index is 2.35. The summed E-state index contributed by atoms with van der Waals surface area (Å²) < 4.78 is 26.3. The molecule has 0 saturated heterocycles. The minimum absolute atomic E-state index is 0.118. The summed E-state index contributed by atoms with van der Waals surface area (Å²) in [7, 11) is 0. The predicted molar refractivity (Wildman–Crippen MR) is 76.9 cm³/mol. The third-order valence-electron chi connectivity index (χ3n) is 2.66. The van der Waals surface area contributed by atoms with Crippen LogP contribution in [-0.4, -0.2) is 11.5 Å². The van der Waals surface area contributed by atoms with Gasteiger partial charge in [0, 0.05) is 41.8 Å². The third-order valence-corrected chi connectivity index (χ3v) is 2.66. The lowest BCUT2D eigenvalue weighted by Crippen LogP contribution is -2.00. The standard InChI is InChI=1S/C14H13F2N3O2/c1-2-17-11-6-13(8-14(7-11)19(20)21)18-12-4-9(15)3-10(16)5-12/h3-8,17-18H,2H2,1H3. The molecule has 0 aliphatic rings. The Morgan fingerprint density at radius 1 is 1.00 bits per heavy atom. The summed E-state index contributed by atoms with van der Waals surface area (Å²) in [5.41, 5.74) is 0.972. The van der Waals surface area contributed by atoms with Crippen LogP contribution in [0.3, 0.4) is 0 Å². The first-order valence-electron chi connectivity index (χ1n) is 6.24. The highest BCUT2D eigenvalue weighted by Crippen LogP contribution is 2.27. The highest BCUT2D eigenvalue weighted by atomic mass is 19.1. The van der Waals surface area contributed by atoms with Crippen molar-refractivity contribution in [1.82, 2.24) is 0 Å². The van der Waals surface area contributed by atoms with Crippen LogP contribution in [0.5, 0.6) is 0 Å². The molecule has 2 aromatic rings. The molecule has 0 aromatic heterocycles. The van der Waals surface area contributed by atoms with Gasteiger partial charge in [0.2, 0.25) is 0 Å². The van der Waals surface area contributed by atoms with Gasteiger partial charge in [0.05, 0.1) is 4.92 Å². The van der Waals surface area contributed by atoms with E-state index in [9.17, 15) is 18.9 Å². The van der Waals surface area contributed by atoms with E-state index in [1.54, 1.807) is 6.07 Å². The summed E-state index contributed by atoms with van der Waals surface area (Å²) in [6.45, 7) is 2.45. The fourth-order valence-electron chi connectivity index (χ4n) is 1.89. The Hall–Kier alpha value is -2.70. The second kappa shape index (κ2) is 6.17. The van der Waals surface area contributed by atoms with Crippen molar-refractivity contribution in [2.75, 3.05) is 17.2 Å². The van der Waals surface area contributed by atoms with Crippen molar-refractivity contribution < 1.29 is 13.7 Å². The number of halogens is 2. The third kappa shape index (κ3) is 3.88. The Bertz CT molecular complexity index is 657. The topological polar surface area (TPSA) is 67.2 Å². The number of non-ortho nitro benzene ring substituents is 1. The smallest absolute Gasteiger partial charge is 0.273 e. The van der Waals surface area contributed by atoms with Gasteiger partial charge in [0.15, 0.2) is 0 Å². The number of benzene rings is 2. The molecule has 110 valence electrons. The average Bonchev–Trinajstić information content (AvgIpc) is 2.37. The van der Waals surface area contributed by atoms with Crippen molar-refractivity contribution in [2.45, 2.75) is 6.92 Å². The van der Waals surface area contributed by atoms with Gasteiger partial charge in [0.25, 0.3) is 5.69 Å². The minimum atomic E-state index is -0.727. The summed E-state index contributed by atoms with van der Waals surface area (Å²) in [4.78, 5) is 10.4. The number of nitro groups is 1. The first-order valence-corrected chi connectivity index (χ1v) is 6.24. The van der Waals surface area contributed by atoms with Crippen LogP contribution >= 0.6 is 0 Å². The maximum Gasteiger partial charge on any atom is 0.273 e.